The number of benzene rings is 1. The number of pyridine rings is 1. The van der Waals surface area contributed by atoms with Crippen LogP contribution in [0, 0.1) is 5.82 Å². The van der Waals surface area contributed by atoms with Crippen LogP contribution < -0.4 is 10.6 Å². The molecule has 0 unspecified atom stereocenters. The molecule has 0 aliphatic heterocycles. The molecule has 2 rings (SSSR count). The Morgan fingerprint density at radius 2 is 2.00 bits per heavy atom. The van der Waals surface area contributed by atoms with Crippen molar-refractivity contribution in [2.75, 3.05) is 11.4 Å². The van der Waals surface area contributed by atoms with Gasteiger partial charge in [-0.25, -0.2) is 9.37 Å². The molecule has 0 radical (unpaired) electrons. The summed E-state index contributed by atoms with van der Waals surface area (Å²) in [5.74, 6) is 0.459. The fraction of sp³-hybridized carbons (Fsp3) is 0.214. The minimum Gasteiger partial charge on any atom is -0.326 e. The van der Waals surface area contributed by atoms with Crippen LogP contribution in [0.5, 0.6) is 0 Å². The molecule has 3 nitrogen and oxygen atoms in total. The fourth-order valence-electron chi connectivity index (χ4n) is 1.94. The lowest BCUT2D eigenvalue weighted by Gasteiger charge is -2.24. The maximum absolute atomic E-state index is 13.8. The maximum Gasteiger partial charge on any atom is 0.146 e. The average molecular weight is 245 g/mol. The molecular weight excluding hydrogens is 229 g/mol. The summed E-state index contributed by atoms with van der Waals surface area (Å²) in [7, 11) is 0. The third-order valence-electron chi connectivity index (χ3n) is 2.80. The van der Waals surface area contributed by atoms with Crippen molar-refractivity contribution >= 4 is 11.5 Å². The first-order valence-corrected chi connectivity index (χ1v) is 5.94. The Hall–Kier alpha value is -1.94. The zero-order chi connectivity index (χ0) is 13.0. The van der Waals surface area contributed by atoms with Gasteiger partial charge in [0.05, 0.1) is 5.69 Å². The molecule has 0 saturated carbocycles. The highest BCUT2D eigenvalue weighted by Gasteiger charge is 2.15. The molecule has 0 amide bonds. The summed E-state index contributed by atoms with van der Waals surface area (Å²) < 4.78 is 13.8. The summed E-state index contributed by atoms with van der Waals surface area (Å²) in [4.78, 5) is 6.15. The quantitative estimate of drug-likeness (QED) is 0.900. The van der Waals surface area contributed by atoms with E-state index in [0.717, 1.165) is 5.56 Å². The molecule has 2 aromatic rings. The monoisotopic (exact) mass is 245 g/mol. The molecule has 0 saturated heterocycles. The van der Waals surface area contributed by atoms with E-state index in [2.05, 4.69) is 4.98 Å². The van der Waals surface area contributed by atoms with Crippen molar-refractivity contribution in [3.63, 3.8) is 0 Å². The minimum atomic E-state index is -0.257. The normalized spacial score (nSPS) is 10.4. The van der Waals surface area contributed by atoms with Crippen molar-refractivity contribution in [1.82, 2.24) is 4.98 Å². The van der Waals surface area contributed by atoms with Gasteiger partial charge in [0.2, 0.25) is 0 Å². The Bertz CT molecular complexity index is 528. The van der Waals surface area contributed by atoms with Gasteiger partial charge in [0.1, 0.15) is 11.6 Å². The highest BCUT2D eigenvalue weighted by atomic mass is 19.1. The number of anilines is 2. The molecule has 18 heavy (non-hydrogen) atoms. The Kier molecular flexibility index (Phi) is 3.89. The molecule has 0 aliphatic rings. The predicted octanol–water partition coefficient (Wildman–Crippen LogP) is 2.84. The van der Waals surface area contributed by atoms with Crippen molar-refractivity contribution in [2.24, 2.45) is 5.73 Å². The van der Waals surface area contributed by atoms with Crippen LogP contribution in [0.4, 0.5) is 15.9 Å². The second-order valence-corrected chi connectivity index (χ2v) is 3.89. The topological polar surface area (TPSA) is 42.2 Å². The zero-order valence-corrected chi connectivity index (χ0v) is 10.3. The van der Waals surface area contributed by atoms with Crippen LogP contribution in [0.1, 0.15) is 12.5 Å². The largest absolute Gasteiger partial charge is 0.326 e. The molecular formula is C14H16FN3. The first-order valence-electron chi connectivity index (χ1n) is 5.94. The van der Waals surface area contributed by atoms with Gasteiger partial charge in [-0.1, -0.05) is 18.2 Å². The van der Waals surface area contributed by atoms with Gasteiger partial charge in [0.15, 0.2) is 0 Å². The van der Waals surface area contributed by atoms with E-state index in [0.29, 0.717) is 24.6 Å². The van der Waals surface area contributed by atoms with Gasteiger partial charge < -0.3 is 10.6 Å². The molecule has 1 heterocycles. The Morgan fingerprint density at radius 1 is 1.22 bits per heavy atom. The molecule has 0 spiro atoms. The molecule has 0 fully saturated rings. The smallest absolute Gasteiger partial charge is 0.146 e. The molecule has 0 bridgehead atoms. The first-order chi connectivity index (χ1) is 8.77. The van der Waals surface area contributed by atoms with E-state index in [9.17, 15) is 4.39 Å². The zero-order valence-electron chi connectivity index (χ0n) is 10.3. The molecule has 94 valence electrons. The summed E-state index contributed by atoms with van der Waals surface area (Å²) >= 11 is 0. The van der Waals surface area contributed by atoms with Gasteiger partial charge >= 0.3 is 0 Å². The van der Waals surface area contributed by atoms with E-state index in [1.54, 1.807) is 18.3 Å². The lowest BCUT2D eigenvalue weighted by molar-refractivity contribution is 0.625. The second-order valence-electron chi connectivity index (χ2n) is 3.89. The number of hydrogen-bond donors (Lipinski definition) is 1. The van der Waals surface area contributed by atoms with E-state index in [-0.39, 0.29) is 5.82 Å². The van der Waals surface area contributed by atoms with Crippen LogP contribution in [-0.2, 0) is 6.54 Å². The summed E-state index contributed by atoms with van der Waals surface area (Å²) in [5.41, 5.74) is 7.13. The van der Waals surface area contributed by atoms with E-state index in [1.165, 1.54) is 6.07 Å². The van der Waals surface area contributed by atoms with E-state index in [1.807, 2.05) is 30.0 Å². The van der Waals surface area contributed by atoms with Gasteiger partial charge in [-0.05, 0) is 25.1 Å². The van der Waals surface area contributed by atoms with Gasteiger partial charge in [0, 0.05) is 24.8 Å². The fourth-order valence-corrected chi connectivity index (χ4v) is 1.94. The molecule has 0 atom stereocenters. The molecule has 1 aromatic carbocycles. The van der Waals surface area contributed by atoms with E-state index in [4.69, 9.17) is 5.73 Å². The molecule has 2 N–H and O–H groups in total. The number of nitrogens with two attached hydrogens (primary N) is 1. The van der Waals surface area contributed by atoms with Gasteiger partial charge in [-0.2, -0.15) is 0 Å². The van der Waals surface area contributed by atoms with Crippen molar-refractivity contribution in [3.8, 4) is 0 Å². The van der Waals surface area contributed by atoms with Crippen molar-refractivity contribution in [1.29, 1.82) is 0 Å². The Balaban J connectivity index is 2.49. The number of halogens is 1. The number of rotatable bonds is 4. The van der Waals surface area contributed by atoms with E-state index < -0.39 is 0 Å². The van der Waals surface area contributed by atoms with Crippen LogP contribution in [0.2, 0.25) is 0 Å². The van der Waals surface area contributed by atoms with E-state index >= 15 is 0 Å². The first kappa shape index (κ1) is 12.5. The lowest BCUT2D eigenvalue weighted by Crippen LogP contribution is -2.21. The van der Waals surface area contributed by atoms with Crippen molar-refractivity contribution in [2.45, 2.75) is 13.5 Å². The highest BCUT2D eigenvalue weighted by Crippen LogP contribution is 2.28. The Morgan fingerprint density at radius 3 is 2.67 bits per heavy atom. The summed E-state index contributed by atoms with van der Waals surface area (Å²) in [6.45, 7) is 2.97. The van der Waals surface area contributed by atoms with Gasteiger partial charge in [-0.15, -0.1) is 0 Å². The number of para-hydroxylation sites is 1. The number of hydrogen-bond acceptors (Lipinski definition) is 3. The molecule has 4 heteroatoms. The average Bonchev–Trinajstić information content (AvgIpc) is 2.42. The SMILES string of the molecule is CCN(c1ccccc1F)c1ncccc1CN. The lowest BCUT2D eigenvalue weighted by atomic mass is 10.2. The Labute approximate surface area is 106 Å². The van der Waals surface area contributed by atoms with Gasteiger partial charge in [-0.3, -0.25) is 0 Å². The second kappa shape index (κ2) is 5.60. The maximum atomic E-state index is 13.8. The van der Waals surface area contributed by atoms with Crippen LogP contribution in [0.3, 0.4) is 0 Å². The van der Waals surface area contributed by atoms with Crippen LogP contribution in [0.15, 0.2) is 42.6 Å². The summed E-state index contributed by atoms with van der Waals surface area (Å²) in [6, 6.07) is 10.4. The third-order valence-corrected chi connectivity index (χ3v) is 2.80. The van der Waals surface area contributed by atoms with Crippen LogP contribution in [0.25, 0.3) is 0 Å². The summed E-state index contributed by atoms with van der Waals surface area (Å²) in [5, 5.41) is 0. The summed E-state index contributed by atoms with van der Waals surface area (Å²) in [6.07, 6.45) is 1.69. The number of aromatic nitrogens is 1. The van der Waals surface area contributed by atoms with Crippen LogP contribution in [-0.4, -0.2) is 11.5 Å². The molecule has 0 aliphatic carbocycles. The standard InChI is InChI=1S/C14H16FN3/c1-2-18(13-8-4-3-7-12(13)15)14-11(10-16)6-5-9-17-14/h3-9H,2,10,16H2,1H3. The van der Waals surface area contributed by atoms with Crippen molar-refractivity contribution < 1.29 is 4.39 Å². The highest BCUT2D eigenvalue weighted by molar-refractivity contribution is 5.63. The third kappa shape index (κ3) is 2.33. The van der Waals surface area contributed by atoms with Gasteiger partial charge in [0.25, 0.3) is 0 Å². The number of nitrogens with zero attached hydrogens (tertiary/aromatic N) is 2. The van der Waals surface area contributed by atoms with Crippen molar-refractivity contribution in [3.05, 3.63) is 54.0 Å². The predicted molar refractivity (Wildman–Crippen MR) is 71.2 cm³/mol. The molecule has 1 aromatic heterocycles. The minimum absolute atomic E-state index is 0.257. The van der Waals surface area contributed by atoms with Crippen LogP contribution >= 0.6 is 0 Å².